The van der Waals surface area contributed by atoms with Gasteiger partial charge in [-0.2, -0.15) is 0 Å². The largest absolute Gasteiger partial charge is 0.573 e. The first kappa shape index (κ1) is 23.3. The highest BCUT2D eigenvalue weighted by molar-refractivity contribution is 6.00. The van der Waals surface area contributed by atoms with E-state index in [2.05, 4.69) is 19.8 Å². The van der Waals surface area contributed by atoms with Crippen LogP contribution in [0.5, 0.6) is 5.75 Å². The number of nitrogens with zero attached hydrogens (tertiary/aromatic N) is 4. The molecule has 5 rings (SSSR count). The third kappa shape index (κ3) is 5.30. The van der Waals surface area contributed by atoms with E-state index in [1.54, 1.807) is 4.90 Å². The SMILES string of the molecule is Cc1cc(-c2nnc(CN3CCOCC3)o2)cc2c1C(=O)N(Cc1ccc(OC(F)(F)F)cc1)C2. The average molecular weight is 488 g/mol. The third-order valence-corrected chi connectivity index (χ3v) is 5.99. The van der Waals surface area contributed by atoms with E-state index < -0.39 is 6.36 Å². The number of alkyl halides is 3. The molecule has 1 saturated heterocycles. The third-order valence-electron chi connectivity index (χ3n) is 5.99. The molecule has 35 heavy (non-hydrogen) atoms. The fourth-order valence-corrected chi connectivity index (χ4v) is 4.38. The number of amides is 1. The van der Waals surface area contributed by atoms with Crippen LogP contribution in [0.25, 0.3) is 11.5 Å². The molecule has 0 bridgehead atoms. The summed E-state index contributed by atoms with van der Waals surface area (Å²) < 4.78 is 52.3. The lowest BCUT2D eigenvalue weighted by molar-refractivity contribution is -0.274. The van der Waals surface area contributed by atoms with Gasteiger partial charge in [0, 0.05) is 37.3 Å². The molecule has 2 aliphatic rings. The molecule has 3 aromatic rings. The van der Waals surface area contributed by atoms with Crippen molar-refractivity contribution < 1.29 is 31.9 Å². The monoisotopic (exact) mass is 488 g/mol. The maximum atomic E-state index is 13.0. The Labute approximate surface area is 199 Å². The summed E-state index contributed by atoms with van der Waals surface area (Å²) in [4.78, 5) is 16.9. The summed E-state index contributed by atoms with van der Waals surface area (Å²) in [5.74, 6) is 0.490. The van der Waals surface area contributed by atoms with Crippen LogP contribution < -0.4 is 4.74 Å². The summed E-state index contributed by atoms with van der Waals surface area (Å²) >= 11 is 0. The number of carbonyl (C=O) groups is 1. The van der Waals surface area contributed by atoms with Crippen LogP contribution in [0.3, 0.4) is 0 Å². The molecule has 0 aliphatic carbocycles. The zero-order valence-electron chi connectivity index (χ0n) is 19.0. The number of rotatable bonds is 6. The summed E-state index contributed by atoms with van der Waals surface area (Å²) in [6.07, 6.45) is -4.75. The zero-order chi connectivity index (χ0) is 24.6. The summed E-state index contributed by atoms with van der Waals surface area (Å²) in [6.45, 7) is 6.04. The van der Waals surface area contributed by atoms with Crippen molar-refractivity contribution in [2.24, 2.45) is 0 Å². The molecule has 11 heteroatoms. The minimum atomic E-state index is -4.75. The standard InChI is InChI=1S/C24H23F3N4O4/c1-15-10-17(22-29-28-20(34-22)14-30-6-8-33-9-7-30)11-18-13-31(23(32)21(15)18)12-16-2-4-19(5-3-16)35-24(25,26)27/h2-5,10-11H,6-9,12-14H2,1H3. The number of halogens is 3. The fourth-order valence-electron chi connectivity index (χ4n) is 4.38. The molecule has 2 aromatic carbocycles. The predicted octanol–water partition coefficient (Wildman–Crippen LogP) is 3.93. The van der Waals surface area contributed by atoms with Gasteiger partial charge in [0.15, 0.2) is 0 Å². The van der Waals surface area contributed by atoms with Crippen LogP contribution in [-0.4, -0.2) is 58.6 Å². The van der Waals surface area contributed by atoms with Crippen molar-refractivity contribution in [2.45, 2.75) is 32.9 Å². The molecular formula is C24H23F3N4O4. The van der Waals surface area contributed by atoms with E-state index in [9.17, 15) is 18.0 Å². The number of benzene rings is 2. The molecular weight excluding hydrogens is 465 g/mol. The first-order chi connectivity index (χ1) is 16.7. The van der Waals surface area contributed by atoms with Crippen molar-refractivity contribution in [3.63, 3.8) is 0 Å². The number of hydrogen-bond acceptors (Lipinski definition) is 7. The molecule has 1 amide bonds. The lowest BCUT2D eigenvalue weighted by Crippen LogP contribution is -2.35. The maximum absolute atomic E-state index is 13.0. The number of aryl methyl sites for hydroxylation is 1. The quantitative estimate of drug-likeness (QED) is 0.520. The molecule has 0 N–H and O–H groups in total. The van der Waals surface area contributed by atoms with E-state index in [0.717, 1.165) is 29.8 Å². The first-order valence-electron chi connectivity index (χ1n) is 11.2. The van der Waals surface area contributed by atoms with Crippen molar-refractivity contribution in [3.05, 3.63) is 64.5 Å². The van der Waals surface area contributed by atoms with E-state index in [1.165, 1.54) is 24.3 Å². The van der Waals surface area contributed by atoms with Crippen LogP contribution in [0.2, 0.25) is 0 Å². The van der Waals surface area contributed by atoms with Gasteiger partial charge in [0.1, 0.15) is 5.75 Å². The van der Waals surface area contributed by atoms with E-state index in [-0.39, 0.29) is 18.2 Å². The zero-order valence-corrected chi connectivity index (χ0v) is 19.0. The lowest BCUT2D eigenvalue weighted by Gasteiger charge is -2.24. The number of morpholine rings is 1. The van der Waals surface area contributed by atoms with Gasteiger partial charge in [-0.05, 0) is 47.9 Å². The van der Waals surface area contributed by atoms with Gasteiger partial charge in [0.2, 0.25) is 11.8 Å². The highest BCUT2D eigenvalue weighted by Gasteiger charge is 2.32. The number of aromatic nitrogens is 2. The van der Waals surface area contributed by atoms with E-state index in [0.29, 0.717) is 49.2 Å². The molecule has 0 unspecified atom stereocenters. The molecule has 0 radical (unpaired) electrons. The van der Waals surface area contributed by atoms with Gasteiger partial charge in [0.25, 0.3) is 5.91 Å². The van der Waals surface area contributed by atoms with Gasteiger partial charge in [-0.15, -0.1) is 23.4 Å². The molecule has 184 valence electrons. The summed E-state index contributed by atoms with van der Waals surface area (Å²) in [5, 5.41) is 8.36. The van der Waals surface area contributed by atoms with Crippen LogP contribution in [0.15, 0.2) is 40.8 Å². The van der Waals surface area contributed by atoms with Gasteiger partial charge in [-0.25, -0.2) is 0 Å². The Kier molecular flexibility index (Phi) is 6.20. The fraction of sp³-hybridized carbons (Fsp3) is 0.375. The van der Waals surface area contributed by atoms with Crippen molar-refractivity contribution >= 4 is 5.91 Å². The Balaban J connectivity index is 1.29. The topological polar surface area (TPSA) is 80.9 Å². The molecule has 0 saturated carbocycles. The normalized spacial score (nSPS) is 16.6. The second-order valence-electron chi connectivity index (χ2n) is 8.57. The van der Waals surface area contributed by atoms with Gasteiger partial charge in [-0.3, -0.25) is 9.69 Å². The number of carbonyl (C=O) groups excluding carboxylic acids is 1. The van der Waals surface area contributed by atoms with Crippen molar-refractivity contribution in [2.75, 3.05) is 26.3 Å². The van der Waals surface area contributed by atoms with Gasteiger partial charge in [0.05, 0.1) is 19.8 Å². The Bertz CT molecular complexity index is 1220. The van der Waals surface area contributed by atoms with Crippen LogP contribution >= 0.6 is 0 Å². The predicted molar refractivity (Wildman–Crippen MR) is 117 cm³/mol. The van der Waals surface area contributed by atoms with E-state index in [1.807, 2.05) is 19.1 Å². The number of ether oxygens (including phenoxy) is 2. The number of hydrogen-bond donors (Lipinski definition) is 0. The van der Waals surface area contributed by atoms with Crippen molar-refractivity contribution in [1.82, 2.24) is 20.0 Å². The lowest BCUT2D eigenvalue weighted by atomic mass is 10.0. The van der Waals surface area contributed by atoms with Crippen LogP contribution in [0, 0.1) is 6.92 Å². The van der Waals surface area contributed by atoms with Crippen LogP contribution in [-0.2, 0) is 24.4 Å². The molecule has 8 nitrogen and oxygen atoms in total. The Morgan fingerprint density at radius 2 is 1.80 bits per heavy atom. The molecule has 1 fully saturated rings. The Hall–Kier alpha value is -3.44. The molecule has 0 atom stereocenters. The summed E-state index contributed by atoms with van der Waals surface area (Å²) in [7, 11) is 0. The van der Waals surface area contributed by atoms with Crippen molar-refractivity contribution in [3.8, 4) is 17.2 Å². The van der Waals surface area contributed by atoms with Gasteiger partial charge in [-0.1, -0.05) is 12.1 Å². The smallest absolute Gasteiger partial charge is 0.419 e. The minimum Gasteiger partial charge on any atom is -0.419 e. The summed E-state index contributed by atoms with van der Waals surface area (Å²) in [5.41, 5.74) is 3.70. The van der Waals surface area contributed by atoms with E-state index in [4.69, 9.17) is 9.15 Å². The highest BCUT2D eigenvalue weighted by atomic mass is 19.4. The Morgan fingerprint density at radius 1 is 1.06 bits per heavy atom. The molecule has 3 heterocycles. The van der Waals surface area contributed by atoms with Gasteiger partial charge >= 0.3 is 6.36 Å². The van der Waals surface area contributed by atoms with Crippen LogP contribution in [0.4, 0.5) is 13.2 Å². The maximum Gasteiger partial charge on any atom is 0.573 e. The molecule has 1 aromatic heterocycles. The highest BCUT2D eigenvalue weighted by Crippen LogP contribution is 2.32. The van der Waals surface area contributed by atoms with Crippen molar-refractivity contribution in [1.29, 1.82) is 0 Å². The number of fused-ring (bicyclic) bond motifs is 1. The summed E-state index contributed by atoms with van der Waals surface area (Å²) in [6, 6.07) is 9.25. The average Bonchev–Trinajstić information content (AvgIpc) is 3.39. The molecule has 0 spiro atoms. The van der Waals surface area contributed by atoms with Crippen LogP contribution in [0.1, 0.15) is 32.9 Å². The minimum absolute atomic E-state index is 0.127. The second-order valence-corrected chi connectivity index (χ2v) is 8.57. The Morgan fingerprint density at radius 3 is 2.51 bits per heavy atom. The molecule has 2 aliphatic heterocycles. The second kappa shape index (κ2) is 9.31. The van der Waals surface area contributed by atoms with Gasteiger partial charge < -0.3 is 18.8 Å². The van der Waals surface area contributed by atoms with E-state index >= 15 is 0 Å². The first-order valence-corrected chi connectivity index (χ1v) is 11.2.